The summed E-state index contributed by atoms with van der Waals surface area (Å²) in [4.78, 5) is 21.2. The van der Waals surface area contributed by atoms with E-state index in [1.165, 1.54) is 4.68 Å². The Kier molecular flexibility index (Phi) is 5.16. The number of halogens is 1. The number of carboxylic acids is 2. The molecular weight excluding hydrogens is 308 g/mol. The lowest BCUT2D eigenvalue weighted by molar-refractivity contribution is -0.307. The zero-order chi connectivity index (χ0) is 16.1. The minimum Gasteiger partial charge on any atom is -0.550 e. The molecule has 0 saturated carbocycles. The lowest BCUT2D eigenvalue weighted by atomic mass is 10.0. The van der Waals surface area contributed by atoms with Crippen LogP contribution in [0.25, 0.3) is 11.3 Å². The van der Waals surface area contributed by atoms with Crippen molar-refractivity contribution in [3.8, 4) is 11.3 Å². The van der Waals surface area contributed by atoms with E-state index in [-0.39, 0.29) is 25.8 Å². The first-order chi connectivity index (χ1) is 10.5. The Morgan fingerprint density at radius 2 is 1.73 bits per heavy atom. The third-order valence-electron chi connectivity index (χ3n) is 3.10. The minimum atomic E-state index is -1.17. The number of carboxylic acid groups (broad SMARTS) is 2. The standard InChI is InChI=1S/C15H15ClN2O4/c16-12-4-1-10(2-5-12)15-11(3-6-13(19)20)9-18(17-15)8-7-14(21)22/h1-2,4-5,9H,3,6-8H2,(H,19,20)(H,21,22)/p-2. The molecule has 0 fully saturated rings. The highest BCUT2D eigenvalue weighted by molar-refractivity contribution is 6.30. The molecule has 0 aliphatic carbocycles. The summed E-state index contributed by atoms with van der Waals surface area (Å²) in [5.41, 5.74) is 2.10. The Bertz CT molecular complexity index is 679. The van der Waals surface area contributed by atoms with Crippen molar-refractivity contribution in [2.45, 2.75) is 25.8 Å². The van der Waals surface area contributed by atoms with Crippen LogP contribution in [0.1, 0.15) is 18.4 Å². The number of carbonyl (C=O) groups is 2. The van der Waals surface area contributed by atoms with Gasteiger partial charge in [-0.3, -0.25) is 4.68 Å². The van der Waals surface area contributed by atoms with Gasteiger partial charge in [0.2, 0.25) is 0 Å². The molecule has 0 saturated heterocycles. The molecule has 1 heterocycles. The van der Waals surface area contributed by atoms with E-state index in [0.29, 0.717) is 16.3 Å². The molecule has 2 rings (SSSR count). The number of carbonyl (C=O) groups excluding carboxylic acids is 2. The summed E-state index contributed by atoms with van der Waals surface area (Å²) in [5.74, 6) is -2.32. The maximum atomic E-state index is 10.6. The minimum absolute atomic E-state index is 0.132. The molecule has 1 aromatic heterocycles. The molecule has 6 nitrogen and oxygen atoms in total. The van der Waals surface area contributed by atoms with Crippen molar-refractivity contribution >= 4 is 23.5 Å². The van der Waals surface area contributed by atoms with Crippen LogP contribution in [-0.4, -0.2) is 21.7 Å². The second kappa shape index (κ2) is 7.09. The fourth-order valence-corrected chi connectivity index (χ4v) is 2.18. The van der Waals surface area contributed by atoms with Crippen molar-refractivity contribution in [1.29, 1.82) is 0 Å². The highest BCUT2D eigenvalue weighted by Crippen LogP contribution is 2.25. The number of nitrogens with zero attached hydrogens (tertiary/aromatic N) is 2. The van der Waals surface area contributed by atoms with Gasteiger partial charge in [0.1, 0.15) is 0 Å². The summed E-state index contributed by atoms with van der Waals surface area (Å²) in [6, 6.07) is 6.96. The van der Waals surface area contributed by atoms with E-state index in [1.54, 1.807) is 30.5 Å². The van der Waals surface area contributed by atoms with Crippen LogP contribution in [0.5, 0.6) is 0 Å². The molecule has 0 unspecified atom stereocenters. The number of aryl methyl sites for hydroxylation is 2. The summed E-state index contributed by atoms with van der Waals surface area (Å²) in [7, 11) is 0. The van der Waals surface area contributed by atoms with Crippen molar-refractivity contribution in [3.05, 3.63) is 41.0 Å². The lowest BCUT2D eigenvalue weighted by Gasteiger charge is -2.03. The van der Waals surface area contributed by atoms with E-state index in [4.69, 9.17) is 11.6 Å². The molecule has 0 atom stereocenters. The van der Waals surface area contributed by atoms with E-state index in [0.717, 1.165) is 5.56 Å². The van der Waals surface area contributed by atoms with Gasteiger partial charge in [0.15, 0.2) is 0 Å². The van der Waals surface area contributed by atoms with Gasteiger partial charge < -0.3 is 19.8 Å². The van der Waals surface area contributed by atoms with Crippen LogP contribution in [0.4, 0.5) is 0 Å². The fourth-order valence-electron chi connectivity index (χ4n) is 2.05. The van der Waals surface area contributed by atoms with Crippen LogP contribution in [0.2, 0.25) is 5.02 Å². The van der Waals surface area contributed by atoms with Gasteiger partial charge in [-0.25, -0.2) is 0 Å². The Hall–Kier alpha value is -2.34. The number of hydrogen-bond acceptors (Lipinski definition) is 5. The topological polar surface area (TPSA) is 98.1 Å². The normalized spacial score (nSPS) is 10.6. The Labute approximate surface area is 132 Å². The Morgan fingerprint density at radius 3 is 2.32 bits per heavy atom. The average molecular weight is 321 g/mol. The maximum Gasteiger partial charge on any atom is 0.0955 e. The van der Waals surface area contributed by atoms with Crippen molar-refractivity contribution in [3.63, 3.8) is 0 Å². The highest BCUT2D eigenvalue weighted by atomic mass is 35.5. The van der Waals surface area contributed by atoms with Gasteiger partial charge in [-0.15, -0.1) is 0 Å². The van der Waals surface area contributed by atoms with Crippen LogP contribution < -0.4 is 10.2 Å². The summed E-state index contributed by atoms with van der Waals surface area (Å²) < 4.78 is 1.48. The molecule has 0 aliphatic heterocycles. The quantitative estimate of drug-likeness (QED) is 0.716. The third kappa shape index (κ3) is 4.33. The van der Waals surface area contributed by atoms with Gasteiger partial charge in [0.25, 0.3) is 0 Å². The first kappa shape index (κ1) is 16.0. The van der Waals surface area contributed by atoms with Gasteiger partial charge in [-0.2, -0.15) is 5.10 Å². The van der Waals surface area contributed by atoms with Crippen LogP contribution in [0.15, 0.2) is 30.5 Å². The van der Waals surface area contributed by atoms with Crippen LogP contribution in [-0.2, 0) is 22.6 Å². The first-order valence-electron chi connectivity index (χ1n) is 6.67. The monoisotopic (exact) mass is 320 g/mol. The highest BCUT2D eigenvalue weighted by Gasteiger charge is 2.11. The van der Waals surface area contributed by atoms with Crippen molar-refractivity contribution in [1.82, 2.24) is 9.78 Å². The molecule has 0 amide bonds. The zero-order valence-electron chi connectivity index (χ0n) is 11.6. The van der Waals surface area contributed by atoms with Gasteiger partial charge in [0, 0.05) is 41.7 Å². The largest absolute Gasteiger partial charge is 0.550 e. The van der Waals surface area contributed by atoms with Crippen LogP contribution in [0, 0.1) is 0 Å². The van der Waals surface area contributed by atoms with Crippen LogP contribution in [0.3, 0.4) is 0 Å². The SMILES string of the molecule is O=C([O-])CCc1cn(CCC(=O)[O-])nc1-c1ccc(Cl)cc1. The van der Waals surface area contributed by atoms with E-state index in [1.807, 2.05) is 0 Å². The van der Waals surface area contributed by atoms with E-state index >= 15 is 0 Å². The molecule has 22 heavy (non-hydrogen) atoms. The molecule has 2 aromatic rings. The summed E-state index contributed by atoms with van der Waals surface area (Å²) in [6.07, 6.45) is 1.61. The Balaban J connectivity index is 2.29. The first-order valence-corrected chi connectivity index (χ1v) is 7.05. The van der Waals surface area contributed by atoms with Gasteiger partial charge in [0.05, 0.1) is 5.69 Å². The zero-order valence-corrected chi connectivity index (χ0v) is 12.4. The van der Waals surface area contributed by atoms with Crippen molar-refractivity contribution in [2.24, 2.45) is 0 Å². The molecule has 0 N–H and O–H groups in total. The molecule has 0 aliphatic rings. The van der Waals surface area contributed by atoms with Crippen LogP contribution >= 0.6 is 11.6 Å². The number of benzene rings is 1. The van der Waals surface area contributed by atoms with Gasteiger partial charge >= 0.3 is 0 Å². The number of aromatic nitrogens is 2. The van der Waals surface area contributed by atoms with Gasteiger partial charge in [-0.05, 0) is 30.5 Å². The van der Waals surface area contributed by atoms with E-state index in [2.05, 4.69) is 5.10 Å². The summed E-state index contributed by atoms with van der Waals surface area (Å²) >= 11 is 5.85. The van der Waals surface area contributed by atoms with Gasteiger partial charge in [-0.1, -0.05) is 23.7 Å². The number of rotatable bonds is 7. The molecular formula is C15H13ClN2O4-2. The smallest absolute Gasteiger partial charge is 0.0955 e. The number of hydrogen-bond donors (Lipinski definition) is 0. The van der Waals surface area contributed by atoms with Crippen molar-refractivity contribution < 1.29 is 19.8 Å². The second-order valence-corrected chi connectivity index (χ2v) is 5.20. The lowest BCUT2D eigenvalue weighted by Crippen LogP contribution is -2.23. The predicted octanol–water partition coefficient (Wildman–Crippen LogP) is 0.0260. The average Bonchev–Trinajstić information content (AvgIpc) is 2.87. The number of aliphatic carboxylic acids is 2. The molecule has 0 spiro atoms. The van der Waals surface area contributed by atoms with Crippen molar-refractivity contribution in [2.75, 3.05) is 0 Å². The molecule has 116 valence electrons. The summed E-state index contributed by atoms with van der Waals surface area (Å²) in [5, 5.41) is 26.1. The Morgan fingerprint density at radius 1 is 1.09 bits per heavy atom. The molecule has 0 bridgehead atoms. The predicted molar refractivity (Wildman–Crippen MR) is 75.6 cm³/mol. The molecule has 7 heteroatoms. The fraction of sp³-hybridized carbons (Fsp3) is 0.267. The van der Waals surface area contributed by atoms with E-state index in [9.17, 15) is 19.8 Å². The summed E-state index contributed by atoms with van der Waals surface area (Å²) in [6.45, 7) is 0.161. The second-order valence-electron chi connectivity index (χ2n) is 4.77. The van der Waals surface area contributed by atoms with E-state index < -0.39 is 11.9 Å². The maximum absolute atomic E-state index is 10.6. The molecule has 0 radical (unpaired) electrons. The molecule has 1 aromatic carbocycles. The third-order valence-corrected chi connectivity index (χ3v) is 3.35.